The van der Waals surface area contributed by atoms with E-state index in [1.54, 1.807) is 18.2 Å². The summed E-state index contributed by atoms with van der Waals surface area (Å²) in [5.74, 6) is 0.271. The third kappa shape index (κ3) is 3.84. The number of thiazole rings is 1. The third-order valence-electron chi connectivity index (χ3n) is 2.25. The van der Waals surface area contributed by atoms with E-state index in [1.807, 2.05) is 18.4 Å². The fraction of sp³-hybridized carbons (Fsp3) is 0.167. The zero-order valence-electron chi connectivity index (χ0n) is 10.5. The van der Waals surface area contributed by atoms with Gasteiger partial charge in [0, 0.05) is 5.38 Å². The summed E-state index contributed by atoms with van der Waals surface area (Å²) in [5.41, 5.74) is 6.73. The summed E-state index contributed by atoms with van der Waals surface area (Å²) in [5, 5.41) is 2.55. The maximum atomic E-state index is 11.9. The number of hydrazine groups is 1. The second-order valence-electron chi connectivity index (χ2n) is 3.57. The maximum Gasteiger partial charge on any atom is 0.273 e. The van der Waals surface area contributed by atoms with Crippen LogP contribution in [-0.4, -0.2) is 18.0 Å². The zero-order chi connectivity index (χ0) is 13.0. The van der Waals surface area contributed by atoms with Crippen molar-refractivity contribution in [1.29, 1.82) is 0 Å². The van der Waals surface area contributed by atoms with E-state index < -0.39 is 0 Å². The highest BCUT2D eigenvalue weighted by atomic mass is 35.5. The Morgan fingerprint density at radius 1 is 1.37 bits per heavy atom. The molecule has 2 N–H and O–H groups in total. The van der Waals surface area contributed by atoms with Gasteiger partial charge in [0.25, 0.3) is 5.91 Å². The van der Waals surface area contributed by atoms with Crippen LogP contribution in [0.25, 0.3) is 0 Å². The molecule has 0 aliphatic carbocycles. The summed E-state index contributed by atoms with van der Waals surface area (Å²) >= 11 is 1.43. The molecule has 1 aromatic carbocycles. The van der Waals surface area contributed by atoms with Crippen molar-refractivity contribution in [3.63, 3.8) is 0 Å². The van der Waals surface area contributed by atoms with Gasteiger partial charge in [0.05, 0.1) is 18.4 Å². The first-order chi connectivity index (χ1) is 8.70. The number of ether oxygens (including phenoxy) is 1. The highest BCUT2D eigenvalue weighted by Crippen LogP contribution is 2.17. The minimum atomic E-state index is -0.264. The van der Waals surface area contributed by atoms with Crippen LogP contribution in [0.2, 0.25) is 0 Å². The van der Waals surface area contributed by atoms with E-state index in [4.69, 9.17) is 4.74 Å². The Labute approximate surface area is 121 Å². The van der Waals surface area contributed by atoms with Gasteiger partial charge in [0.1, 0.15) is 5.75 Å². The summed E-state index contributed by atoms with van der Waals surface area (Å²) in [7, 11) is 1.53. The van der Waals surface area contributed by atoms with Crippen molar-refractivity contribution in [2.24, 2.45) is 0 Å². The number of aryl methyl sites for hydroxylation is 1. The molecular weight excluding hydrogens is 286 g/mol. The van der Waals surface area contributed by atoms with Crippen LogP contribution in [0.3, 0.4) is 0 Å². The Balaban J connectivity index is 0.00000180. The summed E-state index contributed by atoms with van der Waals surface area (Å²) in [6.45, 7) is 1.89. The van der Waals surface area contributed by atoms with Gasteiger partial charge in [0.2, 0.25) is 5.13 Å². The largest absolute Gasteiger partial charge is 0.496 e. The lowest BCUT2D eigenvalue weighted by atomic mass is 10.2. The lowest BCUT2D eigenvalue weighted by Crippen LogP contribution is -2.29. The van der Waals surface area contributed by atoms with Gasteiger partial charge in [-0.1, -0.05) is 12.1 Å². The van der Waals surface area contributed by atoms with Crippen molar-refractivity contribution >= 4 is 34.8 Å². The number of para-hydroxylation sites is 1. The molecule has 2 aromatic rings. The first-order valence-electron chi connectivity index (χ1n) is 5.32. The normalized spacial score (nSPS) is 9.37. The second-order valence-corrected chi connectivity index (χ2v) is 4.43. The number of carbonyl (C=O) groups is 1. The van der Waals surface area contributed by atoms with E-state index in [0.29, 0.717) is 16.4 Å². The molecule has 1 heterocycles. The molecule has 0 atom stereocenters. The Kier molecular flexibility index (Phi) is 5.59. The number of nitrogens with one attached hydrogen (secondary N) is 2. The number of amides is 1. The summed E-state index contributed by atoms with van der Waals surface area (Å²) in [6, 6.07) is 7.03. The SMILES string of the molecule is COc1ccccc1C(=O)NNc1nc(C)cs1.Cl. The van der Waals surface area contributed by atoms with Crippen molar-refractivity contribution in [1.82, 2.24) is 10.4 Å². The molecule has 1 amide bonds. The van der Waals surface area contributed by atoms with Crippen LogP contribution < -0.4 is 15.6 Å². The molecule has 7 heteroatoms. The summed E-state index contributed by atoms with van der Waals surface area (Å²) in [4.78, 5) is 16.1. The van der Waals surface area contributed by atoms with Crippen LogP contribution in [0.5, 0.6) is 5.75 Å². The van der Waals surface area contributed by atoms with E-state index >= 15 is 0 Å². The number of nitrogens with zero attached hydrogens (tertiary/aromatic N) is 1. The topological polar surface area (TPSA) is 63.2 Å². The second kappa shape index (κ2) is 6.96. The Morgan fingerprint density at radius 3 is 2.74 bits per heavy atom. The standard InChI is InChI=1S/C12H13N3O2S.ClH/c1-8-7-18-12(13-8)15-14-11(16)9-5-3-4-6-10(9)17-2;/h3-7H,1-2H3,(H,13,15)(H,14,16);1H. The van der Waals surface area contributed by atoms with Crippen molar-refractivity contribution in [2.75, 3.05) is 12.5 Å². The number of rotatable bonds is 4. The lowest BCUT2D eigenvalue weighted by Gasteiger charge is -2.09. The zero-order valence-corrected chi connectivity index (χ0v) is 12.1. The first kappa shape index (κ1) is 15.3. The minimum absolute atomic E-state index is 0. The van der Waals surface area contributed by atoms with Crippen molar-refractivity contribution in [2.45, 2.75) is 6.92 Å². The van der Waals surface area contributed by atoms with Crippen LogP contribution in [0, 0.1) is 6.92 Å². The van der Waals surface area contributed by atoms with E-state index in [0.717, 1.165) is 5.69 Å². The number of anilines is 1. The van der Waals surface area contributed by atoms with E-state index in [-0.39, 0.29) is 18.3 Å². The Bertz CT molecular complexity index is 559. The fourth-order valence-corrected chi connectivity index (χ4v) is 2.06. The number of aromatic nitrogens is 1. The molecule has 0 bridgehead atoms. The van der Waals surface area contributed by atoms with Crippen molar-refractivity contribution < 1.29 is 9.53 Å². The third-order valence-corrected chi connectivity index (χ3v) is 3.13. The molecule has 102 valence electrons. The van der Waals surface area contributed by atoms with Crippen LogP contribution in [-0.2, 0) is 0 Å². The van der Waals surface area contributed by atoms with E-state index in [1.165, 1.54) is 18.4 Å². The molecule has 0 aliphatic heterocycles. The summed E-state index contributed by atoms with van der Waals surface area (Å²) < 4.78 is 5.12. The highest BCUT2D eigenvalue weighted by Gasteiger charge is 2.11. The van der Waals surface area contributed by atoms with Crippen LogP contribution in [0.1, 0.15) is 16.1 Å². The number of benzene rings is 1. The van der Waals surface area contributed by atoms with Gasteiger partial charge < -0.3 is 4.74 Å². The van der Waals surface area contributed by atoms with Gasteiger partial charge in [-0.15, -0.1) is 23.7 Å². The number of hydrogen-bond donors (Lipinski definition) is 2. The molecule has 2 rings (SSSR count). The minimum Gasteiger partial charge on any atom is -0.496 e. The predicted molar refractivity (Wildman–Crippen MR) is 78.2 cm³/mol. The number of carbonyl (C=O) groups excluding carboxylic acids is 1. The number of methoxy groups -OCH3 is 1. The molecule has 0 spiro atoms. The highest BCUT2D eigenvalue weighted by molar-refractivity contribution is 7.13. The van der Waals surface area contributed by atoms with Gasteiger partial charge >= 0.3 is 0 Å². The molecular formula is C12H14ClN3O2S. The molecule has 0 aliphatic rings. The molecule has 5 nitrogen and oxygen atoms in total. The van der Waals surface area contributed by atoms with Crippen molar-refractivity contribution in [3.05, 3.63) is 40.9 Å². The molecule has 0 saturated heterocycles. The predicted octanol–water partition coefficient (Wildman–Crippen LogP) is 2.64. The quantitative estimate of drug-likeness (QED) is 0.852. The molecule has 19 heavy (non-hydrogen) atoms. The molecule has 1 aromatic heterocycles. The van der Waals surface area contributed by atoms with Crippen LogP contribution in [0.4, 0.5) is 5.13 Å². The van der Waals surface area contributed by atoms with E-state index in [9.17, 15) is 4.79 Å². The Hall–Kier alpha value is -1.79. The van der Waals surface area contributed by atoms with Gasteiger partial charge in [-0.25, -0.2) is 4.98 Å². The maximum absolute atomic E-state index is 11.9. The Morgan fingerprint density at radius 2 is 2.11 bits per heavy atom. The smallest absolute Gasteiger partial charge is 0.273 e. The molecule has 0 saturated carbocycles. The van der Waals surface area contributed by atoms with Gasteiger partial charge in [-0.2, -0.15) is 0 Å². The van der Waals surface area contributed by atoms with Crippen molar-refractivity contribution in [3.8, 4) is 5.75 Å². The molecule has 0 unspecified atom stereocenters. The fourth-order valence-electron chi connectivity index (χ4n) is 1.42. The molecule has 0 fully saturated rings. The van der Waals surface area contributed by atoms with Gasteiger partial charge in [-0.3, -0.25) is 15.6 Å². The van der Waals surface area contributed by atoms with Gasteiger partial charge in [0.15, 0.2) is 0 Å². The number of halogens is 1. The monoisotopic (exact) mass is 299 g/mol. The summed E-state index contributed by atoms with van der Waals surface area (Å²) in [6.07, 6.45) is 0. The number of hydrogen-bond acceptors (Lipinski definition) is 5. The van der Waals surface area contributed by atoms with Crippen LogP contribution in [0.15, 0.2) is 29.6 Å². The lowest BCUT2D eigenvalue weighted by molar-refractivity contribution is 0.0959. The first-order valence-corrected chi connectivity index (χ1v) is 6.20. The van der Waals surface area contributed by atoms with Gasteiger partial charge in [-0.05, 0) is 19.1 Å². The average molecular weight is 300 g/mol. The van der Waals surface area contributed by atoms with Crippen LogP contribution >= 0.6 is 23.7 Å². The van der Waals surface area contributed by atoms with E-state index in [2.05, 4.69) is 15.8 Å². The molecule has 0 radical (unpaired) electrons. The average Bonchev–Trinajstić information content (AvgIpc) is 2.81.